The number of carbonyl (C=O) groups is 4. The van der Waals surface area contributed by atoms with E-state index in [9.17, 15) is 27.6 Å². The molecule has 3 aliphatic rings. The first-order valence-electron chi connectivity index (χ1n) is 11.4. The summed E-state index contributed by atoms with van der Waals surface area (Å²) in [6, 6.07) is 13.9. The molecular formula is C25H24F3N3O5. The average molecular weight is 503 g/mol. The highest BCUT2D eigenvalue weighted by atomic mass is 19.4. The van der Waals surface area contributed by atoms with E-state index in [4.69, 9.17) is 15.6 Å². The number of benzene rings is 2. The lowest BCUT2D eigenvalue weighted by Crippen LogP contribution is -2.52. The van der Waals surface area contributed by atoms with Gasteiger partial charge in [0.15, 0.2) is 0 Å². The number of nitrogens with two attached hydrogens (primary N) is 1. The predicted octanol–water partition coefficient (Wildman–Crippen LogP) is 2.95. The highest BCUT2D eigenvalue weighted by Crippen LogP contribution is 2.39. The summed E-state index contributed by atoms with van der Waals surface area (Å²) in [6.45, 7) is 0.384. The quantitative estimate of drug-likeness (QED) is 0.553. The summed E-state index contributed by atoms with van der Waals surface area (Å²) in [6.07, 6.45) is -2.43. The highest BCUT2D eigenvalue weighted by molar-refractivity contribution is 6.06. The maximum absolute atomic E-state index is 13.0. The molecule has 2 aromatic carbocycles. The Hall–Kier alpha value is -3.73. The smallest absolute Gasteiger partial charge is 0.475 e. The fourth-order valence-electron chi connectivity index (χ4n) is 4.75. The summed E-state index contributed by atoms with van der Waals surface area (Å²) in [7, 11) is 0. The van der Waals surface area contributed by atoms with Crippen LogP contribution in [0.1, 0.15) is 53.1 Å². The van der Waals surface area contributed by atoms with E-state index in [0.717, 1.165) is 29.5 Å². The lowest BCUT2D eigenvalue weighted by atomic mass is 9.76. The van der Waals surface area contributed by atoms with Crippen LogP contribution in [-0.4, -0.2) is 52.0 Å². The normalized spacial score (nSPS) is 23.3. The summed E-state index contributed by atoms with van der Waals surface area (Å²) in [5, 5.41) is 9.48. The third-order valence-corrected chi connectivity index (χ3v) is 6.67. The first kappa shape index (κ1) is 25.4. The Kier molecular flexibility index (Phi) is 6.85. The van der Waals surface area contributed by atoms with Gasteiger partial charge in [0, 0.05) is 24.6 Å². The molecule has 36 heavy (non-hydrogen) atoms. The molecule has 8 nitrogen and oxygen atoms in total. The molecule has 1 unspecified atom stereocenters. The minimum Gasteiger partial charge on any atom is -0.475 e. The van der Waals surface area contributed by atoms with E-state index in [1.54, 1.807) is 4.90 Å². The van der Waals surface area contributed by atoms with E-state index >= 15 is 0 Å². The van der Waals surface area contributed by atoms with E-state index in [1.807, 2.05) is 18.2 Å². The maximum Gasteiger partial charge on any atom is 0.490 e. The van der Waals surface area contributed by atoms with Gasteiger partial charge in [-0.05, 0) is 53.5 Å². The van der Waals surface area contributed by atoms with Crippen LogP contribution in [0.15, 0.2) is 42.5 Å². The molecule has 1 atom stereocenters. The average Bonchev–Trinajstić information content (AvgIpc) is 3.13. The number of fused-ring (bicyclic) bond motifs is 1. The van der Waals surface area contributed by atoms with Crippen LogP contribution in [0, 0.1) is 0 Å². The Morgan fingerprint density at radius 2 is 1.69 bits per heavy atom. The highest BCUT2D eigenvalue weighted by Gasteiger charge is 2.40. The number of rotatable bonds is 3. The molecule has 11 heteroatoms. The SMILES string of the molecule is NC1CC(c2cccc(-c3cccc4c3CN(C3CCC(=O)NC3=O)C4=O)c2)C1.O=C(O)C(F)(F)F. The van der Waals surface area contributed by atoms with Crippen molar-refractivity contribution in [2.75, 3.05) is 0 Å². The monoisotopic (exact) mass is 503 g/mol. The minimum absolute atomic E-state index is 0.141. The molecule has 0 bridgehead atoms. The fraction of sp³-hybridized carbons (Fsp3) is 0.360. The van der Waals surface area contributed by atoms with Crippen LogP contribution < -0.4 is 11.1 Å². The molecule has 5 rings (SSSR count). The van der Waals surface area contributed by atoms with Crippen molar-refractivity contribution in [2.24, 2.45) is 5.73 Å². The van der Waals surface area contributed by atoms with Crippen molar-refractivity contribution in [3.63, 3.8) is 0 Å². The number of halogens is 3. The van der Waals surface area contributed by atoms with Crippen molar-refractivity contribution in [3.8, 4) is 11.1 Å². The Labute approximate surface area is 204 Å². The van der Waals surface area contributed by atoms with Gasteiger partial charge in [0.1, 0.15) is 6.04 Å². The zero-order valence-electron chi connectivity index (χ0n) is 19.0. The molecule has 1 aliphatic carbocycles. The molecule has 0 aromatic heterocycles. The lowest BCUT2D eigenvalue weighted by molar-refractivity contribution is -0.192. The Bertz CT molecular complexity index is 1220. The van der Waals surface area contributed by atoms with Crippen molar-refractivity contribution in [2.45, 2.75) is 56.4 Å². The molecule has 0 radical (unpaired) electrons. The number of nitrogens with zero attached hydrogens (tertiary/aromatic N) is 1. The van der Waals surface area contributed by atoms with E-state index in [1.165, 1.54) is 5.56 Å². The third-order valence-electron chi connectivity index (χ3n) is 6.67. The lowest BCUT2D eigenvalue weighted by Gasteiger charge is -2.33. The van der Waals surface area contributed by atoms with Crippen LogP contribution in [0.25, 0.3) is 11.1 Å². The molecule has 2 aliphatic heterocycles. The number of carbonyl (C=O) groups excluding carboxylic acids is 3. The van der Waals surface area contributed by atoms with Crippen molar-refractivity contribution >= 4 is 23.7 Å². The Morgan fingerprint density at radius 1 is 1.06 bits per heavy atom. The Balaban J connectivity index is 0.000000384. The van der Waals surface area contributed by atoms with Gasteiger partial charge in [-0.3, -0.25) is 19.7 Å². The second-order valence-electron chi connectivity index (χ2n) is 9.09. The topological polar surface area (TPSA) is 130 Å². The zero-order chi connectivity index (χ0) is 26.2. The largest absolute Gasteiger partial charge is 0.490 e. The summed E-state index contributed by atoms with van der Waals surface area (Å²) < 4.78 is 31.7. The fourth-order valence-corrected chi connectivity index (χ4v) is 4.75. The van der Waals surface area contributed by atoms with Gasteiger partial charge in [0.25, 0.3) is 5.91 Å². The second-order valence-corrected chi connectivity index (χ2v) is 9.09. The van der Waals surface area contributed by atoms with Crippen molar-refractivity contribution < 1.29 is 37.5 Å². The number of carboxylic acids is 1. The van der Waals surface area contributed by atoms with E-state index in [-0.39, 0.29) is 24.1 Å². The van der Waals surface area contributed by atoms with E-state index < -0.39 is 18.2 Å². The number of piperidine rings is 1. The molecule has 2 aromatic rings. The molecule has 1 saturated carbocycles. The molecular weight excluding hydrogens is 479 g/mol. The molecule has 0 spiro atoms. The van der Waals surface area contributed by atoms with Crippen LogP contribution >= 0.6 is 0 Å². The second kappa shape index (κ2) is 9.73. The number of aliphatic carboxylic acids is 1. The van der Waals surface area contributed by atoms with E-state index in [2.05, 4.69) is 29.6 Å². The van der Waals surface area contributed by atoms with Crippen molar-refractivity contribution in [3.05, 3.63) is 59.2 Å². The molecule has 4 N–H and O–H groups in total. The first-order chi connectivity index (χ1) is 17.0. The maximum atomic E-state index is 13.0. The number of carboxylic acid groups (broad SMARTS) is 1. The van der Waals surface area contributed by atoms with Crippen LogP contribution in [-0.2, 0) is 20.9 Å². The van der Waals surface area contributed by atoms with Gasteiger partial charge in [-0.2, -0.15) is 13.2 Å². The number of hydrogen-bond donors (Lipinski definition) is 3. The number of nitrogens with one attached hydrogen (secondary N) is 1. The third kappa shape index (κ3) is 5.11. The van der Waals surface area contributed by atoms with Crippen LogP contribution in [0.3, 0.4) is 0 Å². The minimum atomic E-state index is -5.08. The number of amides is 3. The summed E-state index contributed by atoms with van der Waals surface area (Å²) in [4.78, 5) is 47.3. The summed E-state index contributed by atoms with van der Waals surface area (Å²) in [5.74, 6) is -3.05. The van der Waals surface area contributed by atoms with Gasteiger partial charge in [-0.1, -0.05) is 36.4 Å². The number of alkyl halides is 3. The van der Waals surface area contributed by atoms with Gasteiger partial charge in [0.05, 0.1) is 0 Å². The van der Waals surface area contributed by atoms with Gasteiger partial charge in [0.2, 0.25) is 11.8 Å². The van der Waals surface area contributed by atoms with Gasteiger partial charge in [-0.25, -0.2) is 4.79 Å². The van der Waals surface area contributed by atoms with Crippen molar-refractivity contribution in [1.82, 2.24) is 10.2 Å². The first-order valence-corrected chi connectivity index (χ1v) is 11.4. The zero-order valence-corrected chi connectivity index (χ0v) is 19.0. The van der Waals surface area contributed by atoms with Crippen LogP contribution in [0.4, 0.5) is 13.2 Å². The predicted molar refractivity (Wildman–Crippen MR) is 122 cm³/mol. The molecule has 1 saturated heterocycles. The Morgan fingerprint density at radius 3 is 2.31 bits per heavy atom. The number of imide groups is 1. The van der Waals surface area contributed by atoms with Gasteiger partial charge < -0.3 is 15.7 Å². The molecule has 3 amide bonds. The van der Waals surface area contributed by atoms with Crippen LogP contribution in [0.5, 0.6) is 0 Å². The van der Waals surface area contributed by atoms with Gasteiger partial charge >= 0.3 is 12.1 Å². The summed E-state index contributed by atoms with van der Waals surface area (Å²) in [5.41, 5.74) is 10.9. The standard InChI is InChI=1S/C23H23N3O3.C2HF3O2/c24-16-10-15(11-16)13-3-1-4-14(9-13)17-5-2-6-18-19(17)12-26(23(18)29)20-7-8-21(27)25-22(20)28;3-2(4,5)1(6)7/h1-6,9,15-16,20H,7-8,10-12,24H2,(H,25,27,28);(H,6,7). The number of hydrogen-bond acceptors (Lipinski definition) is 5. The molecule has 190 valence electrons. The van der Waals surface area contributed by atoms with E-state index in [0.29, 0.717) is 30.5 Å². The van der Waals surface area contributed by atoms with Crippen LogP contribution in [0.2, 0.25) is 0 Å². The summed E-state index contributed by atoms with van der Waals surface area (Å²) >= 11 is 0. The van der Waals surface area contributed by atoms with Gasteiger partial charge in [-0.15, -0.1) is 0 Å². The molecule has 2 fully saturated rings. The van der Waals surface area contributed by atoms with Crippen molar-refractivity contribution in [1.29, 1.82) is 0 Å². The molecule has 2 heterocycles.